The summed E-state index contributed by atoms with van der Waals surface area (Å²) in [6, 6.07) is 4.50. The fraction of sp³-hybridized carbons (Fsp3) is 0.273. The number of aromatic carboxylic acids is 1. The molecule has 1 aromatic rings. The van der Waals surface area contributed by atoms with Crippen molar-refractivity contribution in [2.75, 3.05) is 0 Å². The predicted octanol–water partition coefficient (Wildman–Crippen LogP) is 3.37. The number of carboxylic acid groups (broad SMARTS) is 1. The minimum absolute atomic E-state index is 0.0306. The van der Waals surface area contributed by atoms with Gasteiger partial charge in [-0.3, -0.25) is 0 Å². The Balaban J connectivity index is 3.22. The summed E-state index contributed by atoms with van der Waals surface area (Å²) in [5.74, 6) is -1.24. The molecule has 0 spiro atoms. The second kappa shape index (κ2) is 5.76. The van der Waals surface area contributed by atoms with E-state index >= 15 is 0 Å². The largest absolute Gasteiger partial charge is 0.478 e. The van der Waals surface area contributed by atoms with Crippen molar-refractivity contribution < 1.29 is 14.6 Å². The van der Waals surface area contributed by atoms with Gasteiger partial charge in [-0.2, -0.15) is 5.26 Å². The average Bonchev–Trinajstić information content (AvgIpc) is 2.27. The number of rotatable bonds is 4. The van der Waals surface area contributed by atoms with Crippen molar-refractivity contribution in [3.63, 3.8) is 0 Å². The molecule has 0 radical (unpaired) electrons. The van der Waals surface area contributed by atoms with Crippen molar-refractivity contribution >= 4 is 29.2 Å². The Labute approximate surface area is 108 Å². The average molecular weight is 274 g/mol. The first-order chi connectivity index (χ1) is 7.99. The van der Waals surface area contributed by atoms with Crippen LogP contribution in [-0.2, 0) is 0 Å². The fourth-order valence-electron chi connectivity index (χ4n) is 1.18. The number of nitrogens with zero attached hydrogens (tertiary/aromatic N) is 1. The van der Waals surface area contributed by atoms with Crippen LogP contribution in [0.3, 0.4) is 0 Å². The van der Waals surface area contributed by atoms with E-state index in [0.717, 1.165) is 0 Å². The summed E-state index contributed by atoms with van der Waals surface area (Å²) < 4.78 is 5.26. The van der Waals surface area contributed by atoms with Crippen LogP contribution in [0.1, 0.15) is 23.7 Å². The molecule has 17 heavy (non-hydrogen) atoms. The van der Waals surface area contributed by atoms with E-state index < -0.39 is 12.1 Å². The van der Waals surface area contributed by atoms with Gasteiger partial charge in [-0.1, -0.05) is 30.1 Å². The van der Waals surface area contributed by atoms with Crippen LogP contribution in [0, 0.1) is 11.3 Å². The number of carbonyl (C=O) groups is 1. The second-order valence-corrected chi connectivity index (χ2v) is 4.06. The van der Waals surface area contributed by atoms with Gasteiger partial charge in [-0.25, -0.2) is 4.79 Å². The second-order valence-electron chi connectivity index (χ2n) is 3.21. The Morgan fingerprint density at radius 3 is 2.71 bits per heavy atom. The lowest BCUT2D eigenvalue weighted by Crippen LogP contribution is -2.15. The van der Waals surface area contributed by atoms with Crippen molar-refractivity contribution in [3.05, 3.63) is 27.7 Å². The molecule has 0 amide bonds. The van der Waals surface area contributed by atoms with Crippen molar-refractivity contribution in [3.8, 4) is 11.8 Å². The summed E-state index contributed by atoms with van der Waals surface area (Å²) in [7, 11) is 0. The summed E-state index contributed by atoms with van der Waals surface area (Å²) in [4.78, 5) is 11.0. The molecule has 1 N–H and O–H groups in total. The lowest BCUT2D eigenvalue weighted by molar-refractivity contribution is 0.0690. The van der Waals surface area contributed by atoms with Gasteiger partial charge in [-0.15, -0.1) is 0 Å². The summed E-state index contributed by atoms with van der Waals surface area (Å²) in [6.45, 7) is 1.75. The fourth-order valence-corrected chi connectivity index (χ4v) is 1.72. The van der Waals surface area contributed by atoms with E-state index in [1.807, 2.05) is 6.07 Å². The minimum atomic E-state index is -1.21. The third kappa shape index (κ3) is 3.26. The van der Waals surface area contributed by atoms with Crippen LogP contribution in [-0.4, -0.2) is 17.2 Å². The van der Waals surface area contributed by atoms with Crippen LogP contribution < -0.4 is 4.74 Å². The molecule has 90 valence electrons. The highest BCUT2D eigenvalue weighted by Gasteiger charge is 2.19. The summed E-state index contributed by atoms with van der Waals surface area (Å²) in [5.41, 5.74) is -0.156. The standard InChI is InChI=1S/C11H9Cl2NO3/c1-2-7(5-14)17-10-8(11(15)16)3-6(12)4-9(10)13/h3-4,7H,2H2,1H3,(H,15,16). The molecule has 1 aromatic carbocycles. The molecule has 6 heteroatoms. The molecular weight excluding hydrogens is 265 g/mol. The minimum Gasteiger partial charge on any atom is -0.478 e. The quantitative estimate of drug-likeness (QED) is 0.913. The Morgan fingerprint density at radius 1 is 1.59 bits per heavy atom. The van der Waals surface area contributed by atoms with E-state index in [4.69, 9.17) is 38.3 Å². The van der Waals surface area contributed by atoms with E-state index in [9.17, 15) is 4.79 Å². The van der Waals surface area contributed by atoms with Gasteiger partial charge >= 0.3 is 5.97 Å². The highest BCUT2D eigenvalue weighted by atomic mass is 35.5. The monoisotopic (exact) mass is 273 g/mol. The predicted molar refractivity (Wildman–Crippen MR) is 63.7 cm³/mol. The highest BCUT2D eigenvalue weighted by molar-refractivity contribution is 6.36. The first-order valence-corrected chi connectivity index (χ1v) is 5.53. The van der Waals surface area contributed by atoms with Crippen LogP contribution in [0.4, 0.5) is 0 Å². The summed E-state index contributed by atoms with van der Waals surface area (Å²) in [5, 5.41) is 18.0. The molecule has 0 aromatic heterocycles. The first-order valence-electron chi connectivity index (χ1n) is 4.78. The van der Waals surface area contributed by atoms with E-state index in [1.165, 1.54) is 12.1 Å². The molecule has 0 heterocycles. The molecular formula is C11H9Cl2NO3. The SMILES string of the molecule is CCC(C#N)Oc1c(Cl)cc(Cl)cc1C(=O)O. The lowest BCUT2D eigenvalue weighted by Gasteiger charge is -2.14. The number of halogens is 2. The Morgan fingerprint density at radius 2 is 2.24 bits per heavy atom. The topological polar surface area (TPSA) is 70.3 Å². The maximum absolute atomic E-state index is 11.0. The summed E-state index contributed by atoms with van der Waals surface area (Å²) in [6.07, 6.45) is -0.319. The third-order valence-corrected chi connectivity index (χ3v) is 2.51. The maximum Gasteiger partial charge on any atom is 0.339 e. The van der Waals surface area contributed by atoms with Crippen molar-refractivity contribution in [2.24, 2.45) is 0 Å². The molecule has 1 atom stereocenters. The smallest absolute Gasteiger partial charge is 0.339 e. The normalized spacial score (nSPS) is 11.6. The molecule has 4 nitrogen and oxygen atoms in total. The number of nitriles is 1. The molecule has 0 bridgehead atoms. The van der Waals surface area contributed by atoms with Crippen LogP contribution >= 0.6 is 23.2 Å². The zero-order valence-corrected chi connectivity index (χ0v) is 10.4. The van der Waals surface area contributed by atoms with Gasteiger partial charge in [0.1, 0.15) is 11.6 Å². The maximum atomic E-state index is 11.0. The molecule has 0 aliphatic heterocycles. The number of carboxylic acids is 1. The molecule has 0 aliphatic rings. The van der Waals surface area contributed by atoms with Crippen LogP contribution in [0.5, 0.6) is 5.75 Å². The zero-order valence-electron chi connectivity index (χ0n) is 8.91. The number of ether oxygens (including phenoxy) is 1. The number of hydrogen-bond donors (Lipinski definition) is 1. The van der Waals surface area contributed by atoms with E-state index in [0.29, 0.717) is 6.42 Å². The molecule has 0 saturated heterocycles. The molecule has 1 unspecified atom stereocenters. The van der Waals surface area contributed by atoms with Gasteiger partial charge in [-0.05, 0) is 18.6 Å². The molecule has 0 aliphatic carbocycles. The molecule has 0 fully saturated rings. The van der Waals surface area contributed by atoms with E-state index in [1.54, 1.807) is 6.92 Å². The van der Waals surface area contributed by atoms with Crippen molar-refractivity contribution in [2.45, 2.75) is 19.4 Å². The third-order valence-electron chi connectivity index (χ3n) is 2.01. The highest BCUT2D eigenvalue weighted by Crippen LogP contribution is 2.33. The van der Waals surface area contributed by atoms with Gasteiger partial charge in [0.05, 0.1) is 5.02 Å². The van der Waals surface area contributed by atoms with Gasteiger partial charge in [0.15, 0.2) is 11.9 Å². The van der Waals surface area contributed by atoms with Crippen LogP contribution in [0.25, 0.3) is 0 Å². The Bertz CT molecular complexity index is 482. The van der Waals surface area contributed by atoms with Gasteiger partial charge in [0.2, 0.25) is 0 Å². The van der Waals surface area contributed by atoms with E-state index in [-0.39, 0.29) is 21.4 Å². The van der Waals surface area contributed by atoms with E-state index in [2.05, 4.69) is 0 Å². The van der Waals surface area contributed by atoms with Crippen molar-refractivity contribution in [1.82, 2.24) is 0 Å². The summed E-state index contributed by atoms with van der Waals surface area (Å²) >= 11 is 11.6. The zero-order chi connectivity index (χ0) is 13.0. The van der Waals surface area contributed by atoms with Crippen LogP contribution in [0.2, 0.25) is 10.0 Å². The van der Waals surface area contributed by atoms with Gasteiger partial charge in [0.25, 0.3) is 0 Å². The Kier molecular flexibility index (Phi) is 4.62. The number of benzene rings is 1. The molecule has 1 rings (SSSR count). The first kappa shape index (κ1) is 13.6. The molecule has 0 saturated carbocycles. The van der Waals surface area contributed by atoms with Gasteiger partial charge < -0.3 is 9.84 Å². The lowest BCUT2D eigenvalue weighted by atomic mass is 10.2. The van der Waals surface area contributed by atoms with Crippen molar-refractivity contribution in [1.29, 1.82) is 5.26 Å². The van der Waals surface area contributed by atoms with Gasteiger partial charge in [0, 0.05) is 5.02 Å². The number of hydrogen-bond acceptors (Lipinski definition) is 3. The van der Waals surface area contributed by atoms with Crippen LogP contribution in [0.15, 0.2) is 12.1 Å². The Hall–Kier alpha value is -1.44.